The van der Waals surface area contributed by atoms with Crippen molar-refractivity contribution >= 4 is 61.8 Å². The highest BCUT2D eigenvalue weighted by molar-refractivity contribution is 9.11. The molecule has 6 nitrogen and oxygen atoms in total. The van der Waals surface area contributed by atoms with Gasteiger partial charge in [-0.1, -0.05) is 39.7 Å². The molecule has 9 heteroatoms. The van der Waals surface area contributed by atoms with Crippen LogP contribution in [0.1, 0.15) is 11.1 Å². The molecule has 0 saturated carbocycles. The topological polar surface area (TPSA) is 72.0 Å². The third kappa shape index (κ3) is 5.71. The van der Waals surface area contributed by atoms with Crippen LogP contribution in [0.25, 0.3) is 11.3 Å². The Labute approximate surface area is 212 Å². The molecular formula is C24H17Br2ClN4O2. The van der Waals surface area contributed by atoms with Gasteiger partial charge in [0.15, 0.2) is 0 Å². The van der Waals surface area contributed by atoms with Gasteiger partial charge in [0.05, 0.1) is 29.7 Å². The van der Waals surface area contributed by atoms with Gasteiger partial charge in [-0.3, -0.25) is 0 Å². The Morgan fingerprint density at radius 2 is 1.76 bits per heavy atom. The van der Waals surface area contributed by atoms with Crippen LogP contribution in [0.4, 0.5) is 5.95 Å². The first-order chi connectivity index (χ1) is 15.9. The number of phenols is 1. The lowest BCUT2D eigenvalue weighted by atomic mass is 10.2. The third-order valence-electron chi connectivity index (χ3n) is 4.63. The van der Waals surface area contributed by atoms with Crippen LogP contribution in [0.3, 0.4) is 0 Å². The van der Waals surface area contributed by atoms with Crippen molar-refractivity contribution in [1.29, 1.82) is 0 Å². The second kappa shape index (κ2) is 10.3. The highest BCUT2D eigenvalue weighted by Gasteiger charge is 2.10. The van der Waals surface area contributed by atoms with Gasteiger partial charge in [-0.15, -0.1) is 0 Å². The maximum atomic E-state index is 10.3. The van der Waals surface area contributed by atoms with Crippen molar-refractivity contribution in [2.75, 3.05) is 7.11 Å². The summed E-state index contributed by atoms with van der Waals surface area (Å²) >= 11 is 12.8. The molecule has 1 heterocycles. The molecule has 4 aromatic rings. The average molecular weight is 589 g/mol. The van der Waals surface area contributed by atoms with E-state index in [-0.39, 0.29) is 5.75 Å². The maximum absolute atomic E-state index is 10.3. The zero-order valence-corrected chi connectivity index (χ0v) is 21.2. The summed E-state index contributed by atoms with van der Waals surface area (Å²) in [6, 6.07) is 18.4. The van der Waals surface area contributed by atoms with Crippen LogP contribution in [-0.2, 0) is 0 Å². The predicted octanol–water partition coefficient (Wildman–Crippen LogP) is 7.08. The Kier molecular flexibility index (Phi) is 7.27. The Balaban J connectivity index is 1.72. The Morgan fingerprint density at radius 1 is 1.03 bits per heavy atom. The van der Waals surface area contributed by atoms with E-state index in [2.05, 4.69) is 46.9 Å². The van der Waals surface area contributed by atoms with Crippen molar-refractivity contribution in [3.63, 3.8) is 0 Å². The number of imidazole rings is 1. The molecular weight excluding hydrogens is 572 g/mol. The number of benzene rings is 3. The minimum absolute atomic E-state index is 0.0831. The van der Waals surface area contributed by atoms with E-state index in [0.717, 1.165) is 21.3 Å². The van der Waals surface area contributed by atoms with Crippen molar-refractivity contribution in [1.82, 2.24) is 9.66 Å². The molecule has 1 aromatic heterocycles. The van der Waals surface area contributed by atoms with E-state index in [1.165, 1.54) is 6.21 Å². The SMILES string of the molecule is COc1ccc(/C=N/n2cc(-c3ccc(Cl)cc3)nc2/N=C/c2cc(Br)cc(Br)c2O)cc1. The number of rotatable bonds is 6. The summed E-state index contributed by atoms with van der Waals surface area (Å²) in [5.41, 5.74) is 2.98. The average Bonchev–Trinajstić information content (AvgIpc) is 3.23. The van der Waals surface area contributed by atoms with E-state index < -0.39 is 0 Å². The summed E-state index contributed by atoms with van der Waals surface area (Å²) in [5, 5.41) is 15.5. The molecule has 0 saturated heterocycles. The fraction of sp³-hybridized carbons (Fsp3) is 0.0417. The number of phenolic OH excluding ortho intramolecular Hbond substituents is 1. The van der Waals surface area contributed by atoms with Crippen molar-refractivity contribution in [3.8, 4) is 22.8 Å². The number of aromatic nitrogens is 2. The zero-order valence-electron chi connectivity index (χ0n) is 17.3. The van der Waals surface area contributed by atoms with Crippen LogP contribution in [0, 0.1) is 0 Å². The van der Waals surface area contributed by atoms with Gasteiger partial charge in [0, 0.05) is 26.8 Å². The number of aliphatic imine (C=N–C) groups is 1. The summed E-state index contributed by atoms with van der Waals surface area (Å²) in [5.74, 6) is 1.20. The lowest BCUT2D eigenvalue weighted by molar-refractivity contribution is 0.415. The molecule has 166 valence electrons. The molecule has 0 bridgehead atoms. The number of nitrogens with zero attached hydrogens (tertiary/aromatic N) is 4. The van der Waals surface area contributed by atoms with E-state index >= 15 is 0 Å². The summed E-state index contributed by atoms with van der Waals surface area (Å²) < 4.78 is 8.13. The van der Waals surface area contributed by atoms with Crippen LogP contribution < -0.4 is 4.74 Å². The van der Waals surface area contributed by atoms with E-state index in [0.29, 0.717) is 26.7 Å². The molecule has 0 aliphatic heterocycles. The highest BCUT2D eigenvalue weighted by Crippen LogP contribution is 2.31. The minimum atomic E-state index is 0.0831. The van der Waals surface area contributed by atoms with Gasteiger partial charge in [0.25, 0.3) is 5.95 Å². The molecule has 0 amide bonds. The van der Waals surface area contributed by atoms with Crippen molar-refractivity contribution in [2.24, 2.45) is 10.1 Å². The van der Waals surface area contributed by atoms with Crippen molar-refractivity contribution in [3.05, 3.63) is 92.0 Å². The van der Waals surface area contributed by atoms with Gasteiger partial charge in [-0.05, 0) is 70.0 Å². The molecule has 33 heavy (non-hydrogen) atoms. The fourth-order valence-electron chi connectivity index (χ4n) is 2.92. The van der Waals surface area contributed by atoms with Gasteiger partial charge in [0.2, 0.25) is 0 Å². The molecule has 0 atom stereocenters. The van der Waals surface area contributed by atoms with Crippen LogP contribution in [0.2, 0.25) is 5.02 Å². The minimum Gasteiger partial charge on any atom is -0.506 e. The van der Waals surface area contributed by atoms with Gasteiger partial charge >= 0.3 is 0 Å². The first kappa shape index (κ1) is 23.2. The van der Waals surface area contributed by atoms with Crippen molar-refractivity contribution < 1.29 is 9.84 Å². The van der Waals surface area contributed by atoms with Crippen LogP contribution in [-0.4, -0.2) is 34.3 Å². The van der Waals surface area contributed by atoms with Crippen LogP contribution >= 0.6 is 43.5 Å². The molecule has 0 radical (unpaired) electrons. The second-order valence-corrected chi connectivity index (χ2v) is 9.09. The van der Waals surface area contributed by atoms with Gasteiger partial charge in [0.1, 0.15) is 11.5 Å². The third-order valence-corrected chi connectivity index (χ3v) is 5.95. The van der Waals surface area contributed by atoms with E-state index in [1.807, 2.05) is 36.4 Å². The number of aromatic hydroxyl groups is 1. The largest absolute Gasteiger partial charge is 0.506 e. The Hall–Kier alpha value is -2.94. The first-order valence-electron chi connectivity index (χ1n) is 9.69. The number of ether oxygens (including phenoxy) is 1. The normalized spacial score (nSPS) is 11.5. The monoisotopic (exact) mass is 586 g/mol. The summed E-state index contributed by atoms with van der Waals surface area (Å²) in [4.78, 5) is 9.11. The van der Waals surface area contributed by atoms with Gasteiger partial charge in [-0.25, -0.2) is 14.7 Å². The number of hydrogen-bond donors (Lipinski definition) is 1. The highest BCUT2D eigenvalue weighted by atomic mass is 79.9. The molecule has 0 aliphatic rings. The number of halogens is 3. The first-order valence-corrected chi connectivity index (χ1v) is 11.6. The van der Waals surface area contributed by atoms with E-state index in [9.17, 15) is 5.11 Å². The second-order valence-electron chi connectivity index (χ2n) is 6.88. The Bertz CT molecular complexity index is 1330. The number of methoxy groups -OCH3 is 1. The van der Waals surface area contributed by atoms with Gasteiger partial charge < -0.3 is 9.84 Å². The lowest BCUT2D eigenvalue weighted by Crippen LogP contribution is -1.91. The van der Waals surface area contributed by atoms with Crippen LogP contribution in [0.15, 0.2) is 85.9 Å². The smallest absolute Gasteiger partial charge is 0.251 e. The van der Waals surface area contributed by atoms with E-state index in [4.69, 9.17) is 16.3 Å². The zero-order chi connectivity index (χ0) is 23.4. The fourth-order valence-corrected chi connectivity index (χ4v) is 4.31. The molecule has 0 aliphatic carbocycles. The lowest BCUT2D eigenvalue weighted by Gasteiger charge is -2.03. The summed E-state index contributed by atoms with van der Waals surface area (Å²) in [7, 11) is 1.62. The quantitative estimate of drug-likeness (QED) is 0.245. The Morgan fingerprint density at radius 3 is 2.45 bits per heavy atom. The molecule has 0 spiro atoms. The molecule has 4 rings (SSSR count). The maximum Gasteiger partial charge on any atom is 0.251 e. The number of hydrogen-bond acceptors (Lipinski definition) is 5. The molecule has 0 fully saturated rings. The van der Waals surface area contributed by atoms with Crippen molar-refractivity contribution in [2.45, 2.75) is 0 Å². The summed E-state index contributed by atoms with van der Waals surface area (Å²) in [6.07, 6.45) is 5.03. The van der Waals surface area contributed by atoms with E-state index in [1.54, 1.807) is 48.5 Å². The standard InChI is InChI=1S/C24H17Br2ClN4O2/c1-33-20-8-2-15(3-9-20)12-29-31-14-22(16-4-6-19(27)7-5-16)30-24(31)28-13-17-10-18(25)11-21(26)23(17)32/h2-14,32H,1H3/b28-13+,29-12+. The molecule has 1 N–H and O–H groups in total. The van der Waals surface area contributed by atoms with Crippen LogP contribution in [0.5, 0.6) is 11.5 Å². The summed E-state index contributed by atoms with van der Waals surface area (Å²) in [6.45, 7) is 0. The predicted molar refractivity (Wildman–Crippen MR) is 139 cm³/mol. The van der Waals surface area contributed by atoms with Gasteiger partial charge in [-0.2, -0.15) is 5.10 Å². The molecule has 3 aromatic carbocycles. The molecule has 0 unspecified atom stereocenters.